The lowest BCUT2D eigenvalue weighted by Crippen LogP contribution is -2.28. The first-order chi connectivity index (χ1) is 17.8. The lowest BCUT2D eigenvalue weighted by Gasteiger charge is -2.15. The monoisotopic (exact) mass is 511 g/mol. The van der Waals surface area contributed by atoms with Gasteiger partial charge in [-0.05, 0) is 56.8 Å². The van der Waals surface area contributed by atoms with Crippen LogP contribution in [0.3, 0.4) is 0 Å². The molecule has 0 atom stereocenters. The van der Waals surface area contributed by atoms with Crippen LogP contribution in [0, 0.1) is 0 Å². The van der Waals surface area contributed by atoms with E-state index in [4.69, 9.17) is 9.84 Å². The molecule has 37 heavy (non-hydrogen) atoms. The number of hydrogen-bond acceptors (Lipinski definition) is 7. The Labute approximate surface area is 217 Å². The van der Waals surface area contributed by atoms with E-state index in [1.165, 1.54) is 6.20 Å². The van der Waals surface area contributed by atoms with Gasteiger partial charge in [-0.1, -0.05) is 19.9 Å². The zero-order valence-corrected chi connectivity index (χ0v) is 22.2. The minimum Gasteiger partial charge on any atom is -0.462 e. The summed E-state index contributed by atoms with van der Waals surface area (Å²) in [6.07, 6.45) is 3.11. The van der Waals surface area contributed by atoms with Crippen LogP contribution in [0.1, 0.15) is 38.1 Å². The fourth-order valence-corrected chi connectivity index (χ4v) is 3.67. The molecule has 0 saturated carbocycles. The second-order valence-electron chi connectivity index (χ2n) is 8.10. The number of fused-ring (bicyclic) bond motifs is 1. The summed E-state index contributed by atoms with van der Waals surface area (Å²) in [5, 5.41) is 14.1. The number of amides is 2. The van der Waals surface area contributed by atoms with E-state index in [1.54, 1.807) is 42.9 Å². The summed E-state index contributed by atoms with van der Waals surface area (Å²) in [5.41, 5.74) is 1.87. The topological polar surface area (TPSA) is 126 Å². The first-order valence-corrected chi connectivity index (χ1v) is 12.4. The zero-order valence-electron chi connectivity index (χ0n) is 22.2. The molecule has 0 aliphatic rings. The number of benzene rings is 1. The molecule has 0 aliphatic carbocycles. The molecule has 3 rings (SSSR count). The zero-order chi connectivity index (χ0) is 27.4. The van der Waals surface area contributed by atoms with E-state index in [9.17, 15) is 14.4 Å². The molecular weight excluding hydrogens is 474 g/mol. The largest absolute Gasteiger partial charge is 0.462 e. The number of carbonyl (C=O) groups is 2. The average Bonchev–Trinajstić information content (AvgIpc) is 2.90. The number of nitrogens with one attached hydrogen (secondary N) is 2. The van der Waals surface area contributed by atoms with Crippen LogP contribution in [0.4, 0.5) is 10.6 Å². The fourth-order valence-electron chi connectivity index (χ4n) is 3.67. The summed E-state index contributed by atoms with van der Waals surface area (Å²) in [5.74, 6) is -0.219. The van der Waals surface area contributed by atoms with Crippen molar-refractivity contribution in [2.45, 2.75) is 27.7 Å². The van der Waals surface area contributed by atoms with Gasteiger partial charge in [-0.3, -0.25) is 10.1 Å². The van der Waals surface area contributed by atoms with Crippen molar-refractivity contribution in [1.82, 2.24) is 19.8 Å². The van der Waals surface area contributed by atoms with Crippen LogP contribution in [0.5, 0.6) is 0 Å². The average molecular weight is 512 g/mol. The summed E-state index contributed by atoms with van der Waals surface area (Å²) < 4.78 is 6.71. The van der Waals surface area contributed by atoms with Gasteiger partial charge in [0, 0.05) is 43.5 Å². The van der Waals surface area contributed by atoms with Crippen molar-refractivity contribution >= 4 is 28.7 Å². The summed E-state index contributed by atoms with van der Waals surface area (Å²) >= 11 is 0. The molecule has 3 aromatic rings. The van der Waals surface area contributed by atoms with Crippen molar-refractivity contribution in [3.05, 3.63) is 58.5 Å². The van der Waals surface area contributed by atoms with E-state index in [0.717, 1.165) is 30.8 Å². The minimum atomic E-state index is -0.636. The summed E-state index contributed by atoms with van der Waals surface area (Å²) in [6, 6.07) is 8.58. The van der Waals surface area contributed by atoms with Crippen LogP contribution in [-0.4, -0.2) is 71.0 Å². The van der Waals surface area contributed by atoms with E-state index in [-0.39, 0.29) is 30.2 Å². The van der Waals surface area contributed by atoms with E-state index in [0.29, 0.717) is 23.3 Å². The molecule has 0 saturated heterocycles. The molecule has 0 radical (unpaired) electrons. The fraction of sp³-hybridized carbons (Fsp3) is 0.407. The quantitative estimate of drug-likeness (QED) is 0.377. The van der Waals surface area contributed by atoms with Crippen molar-refractivity contribution in [2.24, 2.45) is 7.05 Å². The van der Waals surface area contributed by atoms with E-state index in [2.05, 4.69) is 34.4 Å². The van der Waals surface area contributed by atoms with Crippen molar-refractivity contribution in [3.63, 3.8) is 0 Å². The van der Waals surface area contributed by atoms with Gasteiger partial charge in [-0.25, -0.2) is 14.6 Å². The Balaban J connectivity index is 0.000000521. The third-order valence-electron chi connectivity index (χ3n) is 5.67. The number of likely N-dealkylation sites (N-methyl/N-ethyl adjacent to an activating group) is 1. The lowest BCUT2D eigenvalue weighted by atomic mass is 10.0. The first-order valence-electron chi connectivity index (χ1n) is 12.4. The SMILES string of the molecule is CCN(CC)CCO.CCNC(=O)Nc1ccc(-c2ccc3c(c2)c(=O)c(C(=O)OCC)cn3C)cn1. The molecule has 0 unspecified atom stereocenters. The van der Waals surface area contributed by atoms with Crippen LogP contribution in [0.25, 0.3) is 22.0 Å². The maximum absolute atomic E-state index is 12.8. The molecule has 1 aromatic carbocycles. The standard InChI is InChI=1S/C21H22N4O4.C6H15NO/c1-4-22-21(28)24-18-9-7-14(11-23-18)13-6-8-17-15(10-13)19(26)16(12-25(17)3)20(27)29-5-2;1-3-7(4-2)5-6-8/h6-12H,4-5H2,1-3H3,(H2,22,23,24,28);8H,3-6H2,1-2H3. The Bertz CT molecular complexity index is 1240. The highest BCUT2D eigenvalue weighted by Gasteiger charge is 2.16. The van der Waals surface area contributed by atoms with Crippen LogP contribution in [0.2, 0.25) is 0 Å². The number of urea groups is 1. The number of aromatic nitrogens is 2. The summed E-state index contributed by atoms with van der Waals surface area (Å²) in [4.78, 5) is 42.9. The molecule has 3 N–H and O–H groups in total. The van der Waals surface area contributed by atoms with Gasteiger partial charge in [0.1, 0.15) is 11.4 Å². The predicted octanol–water partition coefficient (Wildman–Crippen LogP) is 3.24. The number of aryl methyl sites for hydroxylation is 1. The van der Waals surface area contributed by atoms with E-state index >= 15 is 0 Å². The van der Waals surface area contributed by atoms with Crippen LogP contribution >= 0.6 is 0 Å². The normalized spacial score (nSPS) is 10.6. The second-order valence-corrected chi connectivity index (χ2v) is 8.10. The summed E-state index contributed by atoms with van der Waals surface area (Å²) in [6.45, 7) is 11.6. The van der Waals surface area contributed by atoms with Gasteiger partial charge in [0.25, 0.3) is 0 Å². The maximum Gasteiger partial charge on any atom is 0.343 e. The highest BCUT2D eigenvalue weighted by Crippen LogP contribution is 2.23. The number of esters is 1. The number of carbonyl (C=O) groups excluding carboxylic acids is 2. The number of pyridine rings is 2. The Morgan fingerprint density at radius 1 is 1.08 bits per heavy atom. The molecule has 10 nitrogen and oxygen atoms in total. The molecule has 2 aromatic heterocycles. The van der Waals surface area contributed by atoms with E-state index in [1.807, 2.05) is 19.1 Å². The number of ether oxygens (including phenoxy) is 1. The van der Waals surface area contributed by atoms with Crippen molar-refractivity contribution < 1.29 is 19.4 Å². The van der Waals surface area contributed by atoms with Gasteiger partial charge < -0.3 is 24.6 Å². The van der Waals surface area contributed by atoms with Gasteiger partial charge >= 0.3 is 12.0 Å². The molecule has 0 aliphatic heterocycles. The third kappa shape index (κ3) is 8.12. The smallest absolute Gasteiger partial charge is 0.343 e. The molecular formula is C27H37N5O5. The van der Waals surface area contributed by atoms with Crippen molar-refractivity contribution in [3.8, 4) is 11.1 Å². The number of anilines is 1. The minimum absolute atomic E-state index is 0.00129. The van der Waals surface area contributed by atoms with Gasteiger partial charge in [0.15, 0.2) is 0 Å². The second kappa shape index (κ2) is 14.7. The number of rotatable bonds is 9. The third-order valence-corrected chi connectivity index (χ3v) is 5.67. The molecule has 0 bridgehead atoms. The van der Waals surface area contributed by atoms with Crippen LogP contribution in [0.15, 0.2) is 47.5 Å². The Hall–Kier alpha value is -3.76. The molecule has 0 spiro atoms. The van der Waals surface area contributed by atoms with Crippen LogP contribution < -0.4 is 16.1 Å². The maximum atomic E-state index is 12.8. The molecule has 2 heterocycles. The van der Waals surface area contributed by atoms with Gasteiger partial charge in [-0.2, -0.15) is 0 Å². The predicted molar refractivity (Wildman–Crippen MR) is 146 cm³/mol. The van der Waals surface area contributed by atoms with Crippen LogP contribution in [-0.2, 0) is 11.8 Å². The Morgan fingerprint density at radius 3 is 2.32 bits per heavy atom. The highest BCUT2D eigenvalue weighted by atomic mass is 16.5. The molecule has 10 heteroatoms. The molecule has 2 amide bonds. The Morgan fingerprint density at radius 2 is 1.78 bits per heavy atom. The van der Waals surface area contributed by atoms with Gasteiger partial charge in [0.2, 0.25) is 5.43 Å². The van der Waals surface area contributed by atoms with Gasteiger partial charge in [0.05, 0.1) is 18.7 Å². The van der Waals surface area contributed by atoms with Crippen molar-refractivity contribution in [1.29, 1.82) is 0 Å². The lowest BCUT2D eigenvalue weighted by molar-refractivity contribution is 0.0524. The molecule has 0 fully saturated rings. The first kappa shape index (κ1) is 29.5. The Kier molecular flexibility index (Phi) is 11.7. The van der Waals surface area contributed by atoms with E-state index < -0.39 is 5.97 Å². The summed E-state index contributed by atoms with van der Waals surface area (Å²) in [7, 11) is 1.77. The van der Waals surface area contributed by atoms with Crippen molar-refractivity contribution in [2.75, 3.05) is 44.7 Å². The number of hydrogen-bond donors (Lipinski definition) is 3. The number of nitrogens with zero attached hydrogens (tertiary/aromatic N) is 3. The number of aliphatic hydroxyl groups is 1. The highest BCUT2D eigenvalue weighted by molar-refractivity contribution is 5.95. The van der Waals surface area contributed by atoms with Gasteiger partial charge in [-0.15, -0.1) is 0 Å². The molecule has 200 valence electrons. The number of aliphatic hydroxyl groups excluding tert-OH is 1.